The van der Waals surface area contributed by atoms with Gasteiger partial charge < -0.3 is 15.1 Å². The first kappa shape index (κ1) is 18.3. The molecule has 1 aromatic rings. The van der Waals surface area contributed by atoms with Crippen molar-refractivity contribution >= 4 is 41.0 Å². The Hall–Kier alpha value is -1.54. The Labute approximate surface area is 156 Å². The second-order valence-electron chi connectivity index (χ2n) is 6.47. The lowest BCUT2D eigenvalue weighted by atomic mass is 10.2. The highest BCUT2D eigenvalue weighted by molar-refractivity contribution is 7.99. The van der Waals surface area contributed by atoms with Crippen molar-refractivity contribution in [2.24, 2.45) is 0 Å². The van der Waals surface area contributed by atoms with Gasteiger partial charge in [0.2, 0.25) is 11.8 Å². The zero-order chi connectivity index (χ0) is 18.0. The molecule has 2 fully saturated rings. The summed E-state index contributed by atoms with van der Waals surface area (Å²) in [4.78, 5) is 36.1. The fraction of sp³-hybridized carbons (Fsp3) is 0.625. The summed E-state index contributed by atoms with van der Waals surface area (Å²) in [7, 11) is 0. The van der Waals surface area contributed by atoms with Crippen molar-refractivity contribution in [3.05, 3.63) is 11.2 Å². The number of halogens is 1. The molecule has 1 unspecified atom stereocenters. The zero-order valence-corrected chi connectivity index (χ0v) is 15.9. The summed E-state index contributed by atoms with van der Waals surface area (Å²) in [6, 6.07) is 2.19. The molecule has 0 bridgehead atoms. The van der Waals surface area contributed by atoms with Crippen LogP contribution in [0.2, 0.25) is 5.15 Å². The number of carbonyl (C=O) groups excluding carboxylic acids is 2. The van der Waals surface area contributed by atoms with Crippen LogP contribution in [0, 0.1) is 0 Å². The van der Waals surface area contributed by atoms with Gasteiger partial charge in [0.05, 0.1) is 5.75 Å². The molecule has 0 aromatic carbocycles. The molecule has 1 saturated carbocycles. The van der Waals surface area contributed by atoms with Gasteiger partial charge in [-0.2, -0.15) is 0 Å². The Kier molecular flexibility index (Phi) is 5.68. The summed E-state index contributed by atoms with van der Waals surface area (Å²) in [5, 5.41) is 3.80. The third-order valence-corrected chi connectivity index (χ3v) is 5.33. The molecule has 0 spiro atoms. The van der Waals surface area contributed by atoms with Gasteiger partial charge in [0.15, 0.2) is 5.16 Å². The minimum atomic E-state index is 0.00122. The molecule has 1 aromatic heterocycles. The van der Waals surface area contributed by atoms with Crippen LogP contribution < -0.4 is 10.2 Å². The Morgan fingerprint density at radius 1 is 1.36 bits per heavy atom. The molecule has 136 valence electrons. The molecule has 2 aliphatic rings. The Morgan fingerprint density at radius 3 is 2.76 bits per heavy atom. The molecule has 25 heavy (non-hydrogen) atoms. The van der Waals surface area contributed by atoms with Gasteiger partial charge >= 0.3 is 0 Å². The first-order valence-electron chi connectivity index (χ1n) is 8.41. The summed E-state index contributed by atoms with van der Waals surface area (Å²) in [6.07, 6.45) is 2.14. The van der Waals surface area contributed by atoms with Crippen LogP contribution in [0.1, 0.15) is 26.7 Å². The number of hydrogen-bond acceptors (Lipinski definition) is 6. The molecule has 9 heteroatoms. The normalized spacial score (nSPS) is 20.5. The predicted molar refractivity (Wildman–Crippen MR) is 98.0 cm³/mol. The van der Waals surface area contributed by atoms with Crippen LogP contribution in [0.5, 0.6) is 0 Å². The second kappa shape index (κ2) is 7.78. The van der Waals surface area contributed by atoms with E-state index in [1.165, 1.54) is 11.8 Å². The number of nitrogens with zero attached hydrogens (tertiary/aromatic N) is 4. The largest absolute Gasteiger partial charge is 0.353 e. The van der Waals surface area contributed by atoms with Crippen LogP contribution in [-0.4, -0.2) is 64.2 Å². The number of amides is 2. The molecule has 3 rings (SSSR count). The number of hydrogen-bond donors (Lipinski definition) is 1. The van der Waals surface area contributed by atoms with Crippen LogP contribution in [0.15, 0.2) is 11.2 Å². The minimum Gasteiger partial charge on any atom is -0.353 e. The maximum atomic E-state index is 11.8. The van der Waals surface area contributed by atoms with E-state index < -0.39 is 0 Å². The third kappa shape index (κ3) is 4.98. The van der Waals surface area contributed by atoms with Crippen LogP contribution in [0.4, 0.5) is 5.82 Å². The van der Waals surface area contributed by atoms with E-state index >= 15 is 0 Å². The molecule has 2 amide bonds. The van der Waals surface area contributed by atoms with Gasteiger partial charge in [-0.3, -0.25) is 9.59 Å². The number of anilines is 1. The highest BCUT2D eigenvalue weighted by atomic mass is 35.5. The molecule has 0 radical (unpaired) electrons. The van der Waals surface area contributed by atoms with Gasteiger partial charge in [0.1, 0.15) is 11.0 Å². The van der Waals surface area contributed by atoms with Crippen LogP contribution in [-0.2, 0) is 9.59 Å². The number of aromatic nitrogens is 2. The summed E-state index contributed by atoms with van der Waals surface area (Å²) in [6.45, 7) is 5.66. The second-order valence-corrected chi connectivity index (χ2v) is 7.80. The lowest BCUT2D eigenvalue weighted by Gasteiger charge is -2.40. The maximum absolute atomic E-state index is 11.8. The van der Waals surface area contributed by atoms with Crippen molar-refractivity contribution < 1.29 is 9.59 Å². The number of piperazine rings is 1. The van der Waals surface area contributed by atoms with E-state index in [1.54, 1.807) is 13.0 Å². The average Bonchev–Trinajstić information content (AvgIpc) is 3.36. The van der Waals surface area contributed by atoms with Gasteiger partial charge in [-0.05, 0) is 19.8 Å². The van der Waals surface area contributed by atoms with Crippen molar-refractivity contribution in [3.63, 3.8) is 0 Å². The summed E-state index contributed by atoms with van der Waals surface area (Å²) in [5.74, 6) is 1.11. The smallest absolute Gasteiger partial charge is 0.230 e. The fourth-order valence-electron chi connectivity index (χ4n) is 2.87. The highest BCUT2D eigenvalue weighted by Crippen LogP contribution is 2.24. The molecule has 2 heterocycles. The van der Waals surface area contributed by atoms with Gasteiger partial charge in [0.25, 0.3) is 0 Å². The quantitative estimate of drug-likeness (QED) is 0.472. The van der Waals surface area contributed by atoms with E-state index in [-0.39, 0.29) is 23.6 Å². The van der Waals surface area contributed by atoms with Gasteiger partial charge in [-0.25, -0.2) is 9.97 Å². The molecule has 1 aliphatic carbocycles. The van der Waals surface area contributed by atoms with Crippen molar-refractivity contribution in [1.29, 1.82) is 0 Å². The van der Waals surface area contributed by atoms with Crippen molar-refractivity contribution in [1.82, 2.24) is 20.2 Å². The van der Waals surface area contributed by atoms with E-state index in [0.717, 1.165) is 18.7 Å². The first-order chi connectivity index (χ1) is 11.9. The van der Waals surface area contributed by atoms with Crippen LogP contribution in [0.3, 0.4) is 0 Å². The van der Waals surface area contributed by atoms with Gasteiger partial charge in [-0.1, -0.05) is 23.4 Å². The highest BCUT2D eigenvalue weighted by Gasteiger charge is 2.27. The molecule has 1 saturated heterocycles. The fourth-order valence-corrected chi connectivity index (χ4v) is 3.76. The molecular weight excluding hydrogens is 362 g/mol. The molecule has 1 atom stereocenters. The van der Waals surface area contributed by atoms with Crippen molar-refractivity contribution in [2.75, 3.05) is 30.3 Å². The number of nitrogens with one attached hydrogen (secondary N) is 1. The predicted octanol–water partition coefficient (Wildman–Crippen LogP) is 1.56. The molecule has 1 N–H and O–H groups in total. The van der Waals surface area contributed by atoms with E-state index in [1.807, 2.05) is 11.8 Å². The van der Waals surface area contributed by atoms with Gasteiger partial charge in [-0.15, -0.1) is 0 Å². The Bertz CT molecular complexity index is 670. The topological polar surface area (TPSA) is 78.4 Å². The summed E-state index contributed by atoms with van der Waals surface area (Å²) >= 11 is 7.43. The monoisotopic (exact) mass is 383 g/mol. The van der Waals surface area contributed by atoms with E-state index in [4.69, 9.17) is 11.6 Å². The summed E-state index contributed by atoms with van der Waals surface area (Å²) < 4.78 is 0. The average molecular weight is 384 g/mol. The molecule has 7 nitrogen and oxygen atoms in total. The Morgan fingerprint density at radius 2 is 2.12 bits per heavy atom. The first-order valence-corrected chi connectivity index (χ1v) is 9.77. The van der Waals surface area contributed by atoms with Gasteiger partial charge in [0, 0.05) is 44.7 Å². The summed E-state index contributed by atoms with van der Waals surface area (Å²) in [5.41, 5.74) is 0. The maximum Gasteiger partial charge on any atom is 0.230 e. The number of carbonyl (C=O) groups is 2. The zero-order valence-electron chi connectivity index (χ0n) is 14.4. The van der Waals surface area contributed by atoms with Crippen LogP contribution in [0.25, 0.3) is 0 Å². The number of rotatable bonds is 5. The van der Waals surface area contributed by atoms with E-state index in [0.29, 0.717) is 36.0 Å². The third-order valence-electron chi connectivity index (χ3n) is 4.29. The van der Waals surface area contributed by atoms with E-state index in [2.05, 4.69) is 20.2 Å². The Balaban J connectivity index is 1.62. The van der Waals surface area contributed by atoms with E-state index in [9.17, 15) is 9.59 Å². The SMILES string of the molecule is CC(=O)N1CCN(c2cc(Cl)nc(SCC(=O)NC3CC3)n2)CC1C. The number of thioether (sulfide) groups is 1. The van der Waals surface area contributed by atoms with Crippen LogP contribution >= 0.6 is 23.4 Å². The van der Waals surface area contributed by atoms with Crippen molar-refractivity contribution in [2.45, 2.75) is 43.9 Å². The van der Waals surface area contributed by atoms with Crippen molar-refractivity contribution in [3.8, 4) is 0 Å². The molecule has 1 aliphatic heterocycles. The lowest BCUT2D eigenvalue weighted by molar-refractivity contribution is -0.131. The molecular formula is C16H22ClN5O2S. The lowest BCUT2D eigenvalue weighted by Crippen LogP contribution is -2.53. The minimum absolute atomic E-state index is 0.00122. The standard InChI is InChI=1S/C16H22ClN5O2S/c1-10-8-21(5-6-22(10)11(2)23)14-7-13(17)19-16(20-14)25-9-15(24)18-12-3-4-12/h7,10,12H,3-6,8-9H2,1-2H3,(H,18,24).